The Morgan fingerprint density at radius 1 is 1.67 bits per heavy atom. The minimum Gasteiger partial charge on any atom is -0.480 e. The number of carbonyl (C=O) groups excluding carboxylic acids is 1. The molecule has 1 aliphatic carbocycles. The van der Waals surface area contributed by atoms with Gasteiger partial charge in [0.15, 0.2) is 0 Å². The summed E-state index contributed by atoms with van der Waals surface area (Å²) in [6, 6.07) is -0.908. The minimum atomic E-state index is -1.03. The molecule has 0 saturated heterocycles. The number of aromatic nitrogens is 2. The van der Waals surface area contributed by atoms with Gasteiger partial charge in [-0.3, -0.25) is 4.79 Å². The Morgan fingerprint density at radius 2 is 2.33 bits per heavy atom. The molecule has 18 heavy (non-hydrogen) atoms. The van der Waals surface area contributed by atoms with E-state index in [1.807, 2.05) is 13.8 Å². The number of imidazole rings is 1. The summed E-state index contributed by atoms with van der Waals surface area (Å²) in [7, 11) is 0. The maximum atomic E-state index is 11.9. The van der Waals surface area contributed by atoms with Crippen LogP contribution in [-0.4, -0.2) is 33.0 Å². The summed E-state index contributed by atoms with van der Waals surface area (Å²) in [4.78, 5) is 29.6. The lowest BCUT2D eigenvalue weighted by Crippen LogP contribution is -2.43. The van der Waals surface area contributed by atoms with Gasteiger partial charge in [-0.2, -0.15) is 0 Å². The summed E-state index contributed by atoms with van der Waals surface area (Å²) in [5.41, 5.74) is 0.693. The number of amides is 1. The summed E-state index contributed by atoms with van der Waals surface area (Å²) in [6.45, 7) is 4.00. The fourth-order valence-electron chi connectivity index (χ4n) is 2.00. The largest absolute Gasteiger partial charge is 0.480 e. The number of nitrogens with zero attached hydrogens (tertiary/aromatic N) is 1. The highest BCUT2D eigenvalue weighted by atomic mass is 16.4. The quantitative estimate of drug-likeness (QED) is 0.713. The van der Waals surface area contributed by atoms with E-state index in [2.05, 4.69) is 15.3 Å². The van der Waals surface area contributed by atoms with Crippen LogP contribution in [0.25, 0.3) is 0 Å². The smallest absolute Gasteiger partial charge is 0.326 e. The molecule has 1 amide bonds. The van der Waals surface area contributed by atoms with E-state index in [4.69, 9.17) is 5.11 Å². The van der Waals surface area contributed by atoms with Gasteiger partial charge in [-0.05, 0) is 11.8 Å². The number of aliphatic carboxylic acids is 1. The number of H-pyrrole nitrogens is 1. The second-order valence-corrected chi connectivity index (χ2v) is 5.43. The third-order valence-electron chi connectivity index (χ3n) is 3.42. The lowest BCUT2D eigenvalue weighted by Gasteiger charge is -2.14. The van der Waals surface area contributed by atoms with Gasteiger partial charge in [0, 0.05) is 24.2 Å². The maximum absolute atomic E-state index is 11.9. The van der Waals surface area contributed by atoms with Crippen LogP contribution in [0.3, 0.4) is 0 Å². The predicted octanol–water partition coefficient (Wildman–Crippen LogP) is 0.568. The Kier molecular flexibility index (Phi) is 3.11. The fraction of sp³-hybridized carbons (Fsp3) is 0.583. The molecule has 1 aromatic rings. The summed E-state index contributed by atoms with van der Waals surface area (Å²) >= 11 is 0. The van der Waals surface area contributed by atoms with Crippen LogP contribution in [-0.2, 0) is 16.0 Å². The average Bonchev–Trinajstić information content (AvgIpc) is 2.73. The van der Waals surface area contributed by atoms with Gasteiger partial charge in [-0.25, -0.2) is 9.78 Å². The SMILES string of the molecule is CC1(C)CC1C(=O)N[C@H](Cc1cnc[nH]1)C(=O)O. The van der Waals surface area contributed by atoms with Crippen LogP contribution >= 0.6 is 0 Å². The van der Waals surface area contributed by atoms with Gasteiger partial charge in [0.25, 0.3) is 0 Å². The first-order valence-corrected chi connectivity index (χ1v) is 5.90. The van der Waals surface area contributed by atoms with Crippen molar-refractivity contribution in [2.75, 3.05) is 0 Å². The number of hydrogen-bond donors (Lipinski definition) is 3. The van der Waals surface area contributed by atoms with Gasteiger partial charge < -0.3 is 15.4 Å². The standard InChI is InChI=1S/C12H17N3O3/c1-12(2)4-8(12)10(16)15-9(11(17)18)3-7-5-13-6-14-7/h5-6,8-9H,3-4H2,1-2H3,(H,13,14)(H,15,16)(H,17,18)/t8?,9-/m1/s1. The third kappa shape index (κ3) is 2.69. The number of hydrogen-bond acceptors (Lipinski definition) is 3. The van der Waals surface area contributed by atoms with E-state index in [0.29, 0.717) is 5.69 Å². The second-order valence-electron chi connectivity index (χ2n) is 5.43. The first-order chi connectivity index (χ1) is 8.40. The van der Waals surface area contributed by atoms with E-state index >= 15 is 0 Å². The molecule has 1 aromatic heterocycles. The lowest BCUT2D eigenvalue weighted by atomic mass is 10.1. The van der Waals surface area contributed by atoms with Gasteiger partial charge in [-0.15, -0.1) is 0 Å². The summed E-state index contributed by atoms with van der Waals surface area (Å²) in [5.74, 6) is -1.27. The van der Waals surface area contributed by atoms with Crippen molar-refractivity contribution in [2.45, 2.75) is 32.7 Å². The molecular weight excluding hydrogens is 234 g/mol. The van der Waals surface area contributed by atoms with Crippen LogP contribution in [0.4, 0.5) is 0 Å². The van der Waals surface area contributed by atoms with Crippen molar-refractivity contribution in [1.82, 2.24) is 15.3 Å². The van der Waals surface area contributed by atoms with Gasteiger partial charge >= 0.3 is 5.97 Å². The third-order valence-corrected chi connectivity index (χ3v) is 3.42. The average molecular weight is 251 g/mol. The summed E-state index contributed by atoms with van der Waals surface area (Å²) in [6.07, 6.45) is 4.08. The zero-order valence-electron chi connectivity index (χ0n) is 10.4. The van der Waals surface area contributed by atoms with Gasteiger partial charge in [0.1, 0.15) is 6.04 Å². The first kappa shape index (κ1) is 12.6. The topological polar surface area (TPSA) is 95.1 Å². The van der Waals surface area contributed by atoms with Crippen molar-refractivity contribution >= 4 is 11.9 Å². The molecule has 1 unspecified atom stereocenters. The molecule has 0 bridgehead atoms. The Morgan fingerprint density at radius 3 is 2.78 bits per heavy atom. The van der Waals surface area contributed by atoms with Crippen LogP contribution in [0.5, 0.6) is 0 Å². The minimum absolute atomic E-state index is 0.00112. The van der Waals surface area contributed by atoms with E-state index in [1.165, 1.54) is 6.33 Å². The fourth-order valence-corrected chi connectivity index (χ4v) is 2.00. The molecule has 6 heteroatoms. The number of carboxylic acid groups (broad SMARTS) is 1. The van der Waals surface area contributed by atoms with E-state index < -0.39 is 12.0 Å². The monoisotopic (exact) mass is 251 g/mol. The number of carboxylic acids is 1. The van der Waals surface area contributed by atoms with Crippen LogP contribution in [0.15, 0.2) is 12.5 Å². The first-order valence-electron chi connectivity index (χ1n) is 5.90. The van der Waals surface area contributed by atoms with Crippen molar-refractivity contribution in [3.8, 4) is 0 Å². The summed E-state index contributed by atoms with van der Waals surface area (Å²) < 4.78 is 0. The molecule has 98 valence electrons. The number of aromatic amines is 1. The number of nitrogens with one attached hydrogen (secondary N) is 2. The number of rotatable bonds is 5. The molecule has 2 rings (SSSR count). The van der Waals surface area contributed by atoms with Crippen molar-refractivity contribution < 1.29 is 14.7 Å². The number of carbonyl (C=O) groups is 2. The van der Waals surface area contributed by atoms with Gasteiger partial charge in [0.2, 0.25) is 5.91 Å². The molecule has 0 aromatic carbocycles. The highest BCUT2D eigenvalue weighted by molar-refractivity contribution is 5.87. The van der Waals surface area contributed by atoms with E-state index in [1.54, 1.807) is 6.20 Å². The zero-order valence-corrected chi connectivity index (χ0v) is 10.4. The zero-order chi connectivity index (χ0) is 13.3. The molecule has 1 saturated carbocycles. The molecule has 0 spiro atoms. The van der Waals surface area contributed by atoms with E-state index in [0.717, 1.165) is 6.42 Å². The predicted molar refractivity (Wildman–Crippen MR) is 63.7 cm³/mol. The molecular formula is C12H17N3O3. The molecule has 1 heterocycles. The highest BCUT2D eigenvalue weighted by Gasteiger charge is 2.51. The van der Waals surface area contributed by atoms with Crippen molar-refractivity contribution in [2.24, 2.45) is 11.3 Å². The Labute approximate surface area is 105 Å². The van der Waals surface area contributed by atoms with Crippen LogP contribution in [0.1, 0.15) is 26.0 Å². The van der Waals surface area contributed by atoms with E-state index in [-0.39, 0.29) is 23.7 Å². The molecule has 0 radical (unpaired) electrons. The molecule has 1 aliphatic rings. The second kappa shape index (κ2) is 4.44. The van der Waals surface area contributed by atoms with Crippen molar-refractivity contribution in [3.63, 3.8) is 0 Å². The van der Waals surface area contributed by atoms with E-state index in [9.17, 15) is 9.59 Å². The van der Waals surface area contributed by atoms with Crippen molar-refractivity contribution in [1.29, 1.82) is 0 Å². The van der Waals surface area contributed by atoms with Crippen LogP contribution in [0, 0.1) is 11.3 Å². The van der Waals surface area contributed by atoms with Crippen molar-refractivity contribution in [3.05, 3.63) is 18.2 Å². The maximum Gasteiger partial charge on any atom is 0.326 e. The highest BCUT2D eigenvalue weighted by Crippen LogP contribution is 2.51. The molecule has 0 aliphatic heterocycles. The Bertz CT molecular complexity index is 453. The summed E-state index contributed by atoms with van der Waals surface area (Å²) in [5, 5.41) is 11.7. The Hall–Kier alpha value is -1.85. The Balaban J connectivity index is 1.95. The molecule has 6 nitrogen and oxygen atoms in total. The van der Waals surface area contributed by atoms with Crippen LogP contribution < -0.4 is 5.32 Å². The van der Waals surface area contributed by atoms with Gasteiger partial charge in [0.05, 0.1) is 6.33 Å². The normalized spacial score (nSPS) is 22.2. The molecule has 1 fully saturated rings. The van der Waals surface area contributed by atoms with Crippen LogP contribution in [0.2, 0.25) is 0 Å². The molecule has 3 N–H and O–H groups in total. The lowest BCUT2D eigenvalue weighted by molar-refractivity contribution is -0.142. The molecule has 2 atom stereocenters. The van der Waals surface area contributed by atoms with Gasteiger partial charge in [-0.1, -0.05) is 13.8 Å².